The van der Waals surface area contributed by atoms with Crippen LogP contribution in [-0.4, -0.2) is 30.8 Å². The normalized spacial score (nSPS) is 14.6. The number of fused-ring (bicyclic) bond motifs is 1. The fourth-order valence-electron chi connectivity index (χ4n) is 3.23. The van der Waals surface area contributed by atoms with Crippen molar-refractivity contribution in [2.24, 2.45) is 5.73 Å². The van der Waals surface area contributed by atoms with Crippen LogP contribution in [-0.2, 0) is 22.7 Å². The second kappa shape index (κ2) is 6.94. The van der Waals surface area contributed by atoms with Gasteiger partial charge in [-0.1, -0.05) is 30.3 Å². The van der Waals surface area contributed by atoms with E-state index in [1.807, 2.05) is 29.2 Å². The molecule has 1 aliphatic rings. The highest BCUT2D eigenvalue weighted by molar-refractivity contribution is 6.37. The molecule has 0 saturated heterocycles. The van der Waals surface area contributed by atoms with Gasteiger partial charge in [0.15, 0.2) is 11.5 Å². The second-order valence-electron chi connectivity index (χ2n) is 5.92. The van der Waals surface area contributed by atoms with Gasteiger partial charge in [0, 0.05) is 13.1 Å². The van der Waals surface area contributed by atoms with Crippen molar-refractivity contribution in [3.63, 3.8) is 0 Å². The van der Waals surface area contributed by atoms with Gasteiger partial charge in [0.05, 0.1) is 14.2 Å². The quantitative estimate of drug-likeness (QED) is 0.811. The number of methoxy groups -OCH3 is 2. The van der Waals surface area contributed by atoms with Gasteiger partial charge in [0.1, 0.15) is 6.04 Å². The number of carbonyl (C=O) groups excluding carboxylic acids is 2. The summed E-state index contributed by atoms with van der Waals surface area (Å²) in [4.78, 5) is 26.1. The Bertz CT molecular complexity index is 794. The van der Waals surface area contributed by atoms with E-state index in [0.717, 1.165) is 11.1 Å². The van der Waals surface area contributed by atoms with Crippen molar-refractivity contribution in [3.05, 3.63) is 59.2 Å². The molecule has 130 valence electrons. The number of nitrogens with two attached hydrogens (primary N) is 1. The van der Waals surface area contributed by atoms with Gasteiger partial charge >= 0.3 is 0 Å². The van der Waals surface area contributed by atoms with Gasteiger partial charge in [-0.3, -0.25) is 14.5 Å². The number of benzene rings is 2. The molecule has 1 atom stereocenters. The maximum Gasteiger partial charge on any atom is 0.286 e. The van der Waals surface area contributed by atoms with E-state index in [9.17, 15) is 9.59 Å². The zero-order valence-corrected chi connectivity index (χ0v) is 14.2. The van der Waals surface area contributed by atoms with E-state index in [2.05, 4.69) is 0 Å². The topological polar surface area (TPSA) is 81.9 Å². The zero-order valence-electron chi connectivity index (χ0n) is 14.2. The molecule has 0 radical (unpaired) electrons. The fraction of sp³-hybridized carbons (Fsp3) is 0.263. The summed E-state index contributed by atoms with van der Waals surface area (Å²) in [7, 11) is 3.07. The van der Waals surface area contributed by atoms with Gasteiger partial charge < -0.3 is 15.2 Å². The molecular formula is C19H20N2O4. The monoisotopic (exact) mass is 340 g/mol. The predicted molar refractivity (Wildman–Crippen MR) is 92.2 cm³/mol. The summed E-state index contributed by atoms with van der Waals surface area (Å²) >= 11 is 0. The fourth-order valence-corrected chi connectivity index (χ4v) is 3.23. The lowest BCUT2D eigenvalue weighted by molar-refractivity contribution is -0.139. The number of Topliss-reactive ketones (excluding diaryl/α,β-unsaturated/α-hetero) is 1. The summed E-state index contributed by atoms with van der Waals surface area (Å²) < 4.78 is 10.6. The van der Waals surface area contributed by atoms with Gasteiger partial charge in [-0.05, 0) is 28.8 Å². The number of primary amides is 1. The molecule has 0 spiro atoms. The van der Waals surface area contributed by atoms with Crippen molar-refractivity contribution >= 4 is 11.7 Å². The molecule has 1 heterocycles. The van der Waals surface area contributed by atoms with E-state index in [4.69, 9.17) is 15.2 Å². The molecule has 0 aromatic heterocycles. The number of ketones is 1. The van der Waals surface area contributed by atoms with Crippen molar-refractivity contribution in [2.45, 2.75) is 19.1 Å². The molecule has 6 nitrogen and oxygen atoms in total. The third kappa shape index (κ3) is 3.21. The van der Waals surface area contributed by atoms with Crippen LogP contribution in [0.2, 0.25) is 0 Å². The summed E-state index contributed by atoms with van der Waals surface area (Å²) in [6, 6.07) is 12.4. The Morgan fingerprint density at radius 3 is 2.12 bits per heavy atom. The van der Waals surface area contributed by atoms with E-state index in [-0.39, 0.29) is 0 Å². The Hall–Kier alpha value is -2.86. The SMILES string of the molecule is COc1ccc([C@H](C(=O)C(N)=O)N2Cc3ccccc3C2)cc1OC. The second-order valence-corrected chi connectivity index (χ2v) is 5.92. The van der Waals surface area contributed by atoms with Crippen molar-refractivity contribution in [1.29, 1.82) is 0 Å². The van der Waals surface area contributed by atoms with E-state index in [0.29, 0.717) is 30.2 Å². The van der Waals surface area contributed by atoms with Crippen LogP contribution in [0.1, 0.15) is 22.7 Å². The molecule has 1 amide bonds. The Morgan fingerprint density at radius 2 is 1.60 bits per heavy atom. The third-order valence-corrected chi connectivity index (χ3v) is 4.44. The molecule has 0 bridgehead atoms. The molecule has 0 fully saturated rings. The summed E-state index contributed by atoms with van der Waals surface area (Å²) in [5, 5.41) is 0. The highest BCUT2D eigenvalue weighted by atomic mass is 16.5. The van der Waals surface area contributed by atoms with Crippen LogP contribution < -0.4 is 15.2 Å². The standard InChI is InChI=1S/C19H20N2O4/c1-24-15-8-7-12(9-16(15)25-2)17(18(22)19(20)23)21-10-13-5-3-4-6-14(13)11-21/h3-9,17H,10-11H2,1-2H3,(H2,20,23)/t17-/m1/s1. The van der Waals surface area contributed by atoms with Crippen LogP contribution in [0.4, 0.5) is 0 Å². The molecule has 2 N–H and O–H groups in total. The smallest absolute Gasteiger partial charge is 0.286 e. The Balaban J connectivity index is 2.00. The van der Waals surface area contributed by atoms with Crippen LogP contribution in [0.5, 0.6) is 11.5 Å². The minimum Gasteiger partial charge on any atom is -0.493 e. The molecule has 0 saturated carbocycles. The first kappa shape index (κ1) is 17.0. The highest BCUT2D eigenvalue weighted by Gasteiger charge is 2.34. The first-order chi connectivity index (χ1) is 12.0. The lowest BCUT2D eigenvalue weighted by atomic mass is 10.00. The summed E-state index contributed by atoms with van der Waals surface area (Å²) in [6.07, 6.45) is 0. The van der Waals surface area contributed by atoms with Gasteiger partial charge in [-0.15, -0.1) is 0 Å². The zero-order chi connectivity index (χ0) is 18.0. The first-order valence-electron chi connectivity index (χ1n) is 7.91. The molecule has 0 unspecified atom stereocenters. The van der Waals surface area contributed by atoms with Gasteiger partial charge in [0.25, 0.3) is 5.91 Å². The summed E-state index contributed by atoms with van der Waals surface area (Å²) in [5.41, 5.74) is 8.24. The summed E-state index contributed by atoms with van der Waals surface area (Å²) in [6.45, 7) is 1.16. The van der Waals surface area contributed by atoms with E-state index < -0.39 is 17.7 Å². The van der Waals surface area contributed by atoms with Crippen LogP contribution in [0.15, 0.2) is 42.5 Å². The van der Waals surface area contributed by atoms with Crippen molar-refractivity contribution < 1.29 is 19.1 Å². The van der Waals surface area contributed by atoms with Crippen molar-refractivity contribution in [3.8, 4) is 11.5 Å². The molecule has 6 heteroatoms. The number of amides is 1. The Morgan fingerprint density at radius 1 is 1.00 bits per heavy atom. The predicted octanol–water partition coefficient (Wildman–Crippen LogP) is 1.82. The van der Waals surface area contributed by atoms with Crippen LogP contribution in [0, 0.1) is 0 Å². The average molecular weight is 340 g/mol. The van der Waals surface area contributed by atoms with E-state index >= 15 is 0 Å². The number of hydrogen-bond acceptors (Lipinski definition) is 5. The van der Waals surface area contributed by atoms with Crippen LogP contribution in [0.3, 0.4) is 0 Å². The van der Waals surface area contributed by atoms with E-state index in [1.54, 1.807) is 25.3 Å². The molecular weight excluding hydrogens is 320 g/mol. The number of nitrogens with zero attached hydrogens (tertiary/aromatic N) is 1. The Kier molecular flexibility index (Phi) is 4.72. The van der Waals surface area contributed by atoms with Crippen LogP contribution in [0.25, 0.3) is 0 Å². The number of rotatable bonds is 6. The van der Waals surface area contributed by atoms with Gasteiger partial charge in [0.2, 0.25) is 5.78 Å². The maximum absolute atomic E-state index is 12.5. The highest BCUT2D eigenvalue weighted by Crippen LogP contribution is 2.36. The Labute approximate surface area is 146 Å². The molecule has 2 aromatic rings. The number of carbonyl (C=O) groups is 2. The maximum atomic E-state index is 12.5. The first-order valence-corrected chi connectivity index (χ1v) is 7.91. The largest absolute Gasteiger partial charge is 0.493 e. The number of ether oxygens (including phenoxy) is 2. The molecule has 25 heavy (non-hydrogen) atoms. The minimum atomic E-state index is -0.948. The van der Waals surface area contributed by atoms with E-state index in [1.165, 1.54) is 7.11 Å². The van der Waals surface area contributed by atoms with Crippen molar-refractivity contribution in [1.82, 2.24) is 4.90 Å². The molecule has 0 aliphatic carbocycles. The minimum absolute atomic E-state index is 0.499. The molecule has 2 aromatic carbocycles. The lowest BCUT2D eigenvalue weighted by Gasteiger charge is -2.26. The van der Waals surface area contributed by atoms with Crippen LogP contribution >= 0.6 is 0 Å². The molecule has 1 aliphatic heterocycles. The number of hydrogen-bond donors (Lipinski definition) is 1. The average Bonchev–Trinajstić information content (AvgIpc) is 3.05. The molecule has 3 rings (SSSR count). The summed E-state index contributed by atoms with van der Waals surface area (Å²) in [5.74, 6) is -0.531. The lowest BCUT2D eigenvalue weighted by Crippen LogP contribution is -2.37. The van der Waals surface area contributed by atoms with Crippen molar-refractivity contribution in [2.75, 3.05) is 14.2 Å². The van der Waals surface area contributed by atoms with Gasteiger partial charge in [-0.25, -0.2) is 0 Å². The van der Waals surface area contributed by atoms with Gasteiger partial charge in [-0.2, -0.15) is 0 Å². The third-order valence-electron chi connectivity index (χ3n) is 4.44.